The third-order valence-electron chi connectivity index (χ3n) is 6.10. The van der Waals surface area contributed by atoms with E-state index in [2.05, 4.69) is 5.32 Å². The van der Waals surface area contributed by atoms with Crippen LogP contribution < -0.4 is 15.8 Å². The molecule has 5 N–H and O–H groups in total. The second-order valence-electron chi connectivity index (χ2n) is 8.89. The third kappa shape index (κ3) is 6.91. The maximum absolute atomic E-state index is 14.0. The standard InChI is InChI=1S/C28H31FN2O6/c1-17(32)31-13-12-19-10-11-22(15-23(19)20-8-5-9-21(29)14-20)36-28-25(34)24(33)26(27(30)37-28)35-16-18-6-3-2-4-7-18/h2-11,14-15,24-28,33-34H,12-13,16,30H2,1H3,(H,31,32)/t24-,25+,26+,27+,28+/m0/s1. The van der Waals surface area contributed by atoms with Gasteiger partial charge in [-0.25, -0.2) is 4.39 Å². The lowest BCUT2D eigenvalue weighted by Gasteiger charge is -2.40. The Balaban J connectivity index is 1.49. The van der Waals surface area contributed by atoms with Crippen molar-refractivity contribution in [2.24, 2.45) is 5.73 Å². The van der Waals surface area contributed by atoms with Crippen molar-refractivity contribution in [2.45, 2.75) is 50.8 Å². The van der Waals surface area contributed by atoms with Gasteiger partial charge in [0.05, 0.1) is 6.61 Å². The molecule has 3 aromatic carbocycles. The van der Waals surface area contributed by atoms with E-state index in [4.69, 9.17) is 19.9 Å². The van der Waals surface area contributed by atoms with Crippen molar-refractivity contribution in [1.29, 1.82) is 0 Å². The number of hydrogen-bond acceptors (Lipinski definition) is 7. The summed E-state index contributed by atoms with van der Waals surface area (Å²) in [5, 5.41) is 24.2. The summed E-state index contributed by atoms with van der Waals surface area (Å²) in [5.74, 6) is -0.204. The van der Waals surface area contributed by atoms with Crippen molar-refractivity contribution < 1.29 is 33.6 Å². The molecule has 5 atom stereocenters. The molecular weight excluding hydrogens is 479 g/mol. The van der Waals surface area contributed by atoms with Crippen molar-refractivity contribution in [1.82, 2.24) is 5.32 Å². The lowest BCUT2D eigenvalue weighted by molar-refractivity contribution is -0.281. The first-order chi connectivity index (χ1) is 17.8. The molecule has 0 aromatic heterocycles. The predicted molar refractivity (Wildman–Crippen MR) is 135 cm³/mol. The van der Waals surface area contributed by atoms with Crippen LogP contribution >= 0.6 is 0 Å². The van der Waals surface area contributed by atoms with Gasteiger partial charge in [0.1, 0.15) is 36.1 Å². The molecule has 37 heavy (non-hydrogen) atoms. The summed E-state index contributed by atoms with van der Waals surface area (Å²) in [4.78, 5) is 11.3. The second kappa shape index (κ2) is 12.3. The van der Waals surface area contributed by atoms with E-state index in [0.29, 0.717) is 29.8 Å². The topological polar surface area (TPSA) is 123 Å². The van der Waals surface area contributed by atoms with E-state index in [9.17, 15) is 19.4 Å². The van der Waals surface area contributed by atoms with Gasteiger partial charge in [-0.1, -0.05) is 48.5 Å². The van der Waals surface area contributed by atoms with Gasteiger partial charge in [0.2, 0.25) is 12.2 Å². The first-order valence-electron chi connectivity index (χ1n) is 12.0. The van der Waals surface area contributed by atoms with E-state index in [1.807, 2.05) is 30.3 Å². The number of ether oxygens (including phenoxy) is 3. The fourth-order valence-electron chi connectivity index (χ4n) is 4.20. The number of nitrogens with one attached hydrogen (secondary N) is 1. The first-order valence-corrected chi connectivity index (χ1v) is 12.0. The van der Waals surface area contributed by atoms with Crippen LogP contribution in [0.15, 0.2) is 72.8 Å². The van der Waals surface area contributed by atoms with Crippen LogP contribution in [0.3, 0.4) is 0 Å². The molecule has 0 unspecified atom stereocenters. The van der Waals surface area contributed by atoms with Gasteiger partial charge >= 0.3 is 0 Å². The zero-order chi connectivity index (χ0) is 26.4. The Bertz CT molecular complexity index is 1190. The molecule has 4 rings (SSSR count). The van der Waals surface area contributed by atoms with E-state index in [1.54, 1.807) is 30.3 Å². The number of carbonyl (C=O) groups excluding carboxylic acids is 1. The van der Waals surface area contributed by atoms with Crippen LogP contribution in [0, 0.1) is 5.82 Å². The van der Waals surface area contributed by atoms with Crippen LogP contribution in [0.5, 0.6) is 5.75 Å². The maximum Gasteiger partial charge on any atom is 0.230 e. The molecule has 196 valence electrons. The lowest BCUT2D eigenvalue weighted by atomic mass is 9.97. The largest absolute Gasteiger partial charge is 0.462 e. The Morgan fingerprint density at radius 1 is 1.05 bits per heavy atom. The van der Waals surface area contributed by atoms with Crippen LogP contribution in [0.4, 0.5) is 4.39 Å². The zero-order valence-electron chi connectivity index (χ0n) is 20.4. The molecule has 0 spiro atoms. The fraction of sp³-hybridized carbons (Fsp3) is 0.321. The Kier molecular flexibility index (Phi) is 8.86. The first kappa shape index (κ1) is 26.7. The highest BCUT2D eigenvalue weighted by molar-refractivity contribution is 5.73. The molecular formula is C28H31FN2O6. The van der Waals surface area contributed by atoms with Crippen molar-refractivity contribution >= 4 is 5.91 Å². The average molecular weight is 511 g/mol. The summed E-state index contributed by atoms with van der Waals surface area (Å²) in [5.41, 5.74) is 9.18. The molecule has 1 fully saturated rings. The Hall–Kier alpha value is -3.34. The molecule has 0 saturated carbocycles. The number of rotatable bonds is 9. The molecule has 0 bridgehead atoms. The normalized spacial score (nSPS) is 23.4. The van der Waals surface area contributed by atoms with Gasteiger partial charge in [0.25, 0.3) is 0 Å². The third-order valence-corrected chi connectivity index (χ3v) is 6.10. The van der Waals surface area contributed by atoms with Gasteiger partial charge in [0, 0.05) is 13.5 Å². The average Bonchev–Trinajstić information content (AvgIpc) is 2.88. The van der Waals surface area contributed by atoms with Crippen LogP contribution in [0.25, 0.3) is 11.1 Å². The van der Waals surface area contributed by atoms with Gasteiger partial charge in [-0.15, -0.1) is 0 Å². The van der Waals surface area contributed by atoms with Crippen LogP contribution in [-0.2, 0) is 27.3 Å². The number of halogens is 1. The lowest BCUT2D eigenvalue weighted by Crippen LogP contribution is -2.62. The SMILES string of the molecule is CC(=O)NCCc1ccc(O[C@@H]2O[C@@H](N)[C@H](OCc3ccccc3)[C@@H](O)[C@H]2O)cc1-c1cccc(F)c1. The van der Waals surface area contributed by atoms with E-state index in [-0.39, 0.29) is 12.5 Å². The smallest absolute Gasteiger partial charge is 0.230 e. The van der Waals surface area contributed by atoms with E-state index < -0.39 is 36.6 Å². The van der Waals surface area contributed by atoms with Gasteiger partial charge in [-0.3, -0.25) is 4.79 Å². The van der Waals surface area contributed by atoms with Gasteiger partial charge in [-0.05, 0) is 52.9 Å². The van der Waals surface area contributed by atoms with Crippen molar-refractivity contribution in [2.75, 3.05) is 6.54 Å². The number of carbonyl (C=O) groups is 1. The highest BCUT2D eigenvalue weighted by atomic mass is 19.1. The number of amides is 1. The summed E-state index contributed by atoms with van der Waals surface area (Å²) in [6.45, 7) is 2.04. The van der Waals surface area contributed by atoms with Crippen molar-refractivity contribution in [3.05, 3.63) is 89.7 Å². The molecule has 9 heteroatoms. The minimum Gasteiger partial charge on any atom is -0.462 e. The minimum absolute atomic E-state index is 0.142. The predicted octanol–water partition coefficient (Wildman–Crippen LogP) is 2.50. The zero-order valence-corrected chi connectivity index (χ0v) is 20.4. The summed E-state index contributed by atoms with van der Waals surface area (Å²) >= 11 is 0. The van der Waals surface area contributed by atoms with Crippen LogP contribution in [0.1, 0.15) is 18.1 Å². The monoisotopic (exact) mass is 510 g/mol. The second-order valence-corrected chi connectivity index (χ2v) is 8.89. The quantitative estimate of drug-likeness (QED) is 0.349. The molecule has 3 aromatic rings. The van der Waals surface area contributed by atoms with Gasteiger partial charge < -0.3 is 35.5 Å². The molecule has 8 nitrogen and oxygen atoms in total. The molecule has 1 saturated heterocycles. The highest BCUT2D eigenvalue weighted by Gasteiger charge is 2.45. The number of aliphatic hydroxyl groups is 2. The molecule has 1 heterocycles. The van der Waals surface area contributed by atoms with Crippen LogP contribution in [-0.4, -0.2) is 53.5 Å². The molecule has 0 radical (unpaired) electrons. The fourth-order valence-corrected chi connectivity index (χ4v) is 4.20. The number of hydrogen-bond donors (Lipinski definition) is 4. The van der Waals surface area contributed by atoms with E-state index >= 15 is 0 Å². The Morgan fingerprint density at radius 3 is 2.57 bits per heavy atom. The number of nitrogens with two attached hydrogens (primary N) is 1. The van der Waals surface area contributed by atoms with Gasteiger partial charge in [0.15, 0.2) is 0 Å². The highest BCUT2D eigenvalue weighted by Crippen LogP contribution is 2.31. The minimum atomic E-state index is -1.43. The van der Waals surface area contributed by atoms with E-state index in [0.717, 1.165) is 11.1 Å². The summed E-state index contributed by atoms with van der Waals surface area (Å²) in [6.07, 6.45) is -5.54. The molecule has 1 aliphatic rings. The van der Waals surface area contributed by atoms with E-state index in [1.165, 1.54) is 19.1 Å². The molecule has 1 amide bonds. The Labute approximate surface area is 214 Å². The molecule has 0 aliphatic carbocycles. The number of aliphatic hydroxyl groups excluding tert-OH is 2. The molecule has 1 aliphatic heterocycles. The van der Waals surface area contributed by atoms with Crippen molar-refractivity contribution in [3.8, 4) is 16.9 Å². The maximum atomic E-state index is 14.0. The summed E-state index contributed by atoms with van der Waals surface area (Å²) in [6, 6.07) is 20.7. The van der Waals surface area contributed by atoms with Crippen LogP contribution in [0.2, 0.25) is 0 Å². The number of benzene rings is 3. The summed E-state index contributed by atoms with van der Waals surface area (Å²) in [7, 11) is 0. The Morgan fingerprint density at radius 2 is 1.84 bits per heavy atom. The summed E-state index contributed by atoms with van der Waals surface area (Å²) < 4.78 is 31.3. The van der Waals surface area contributed by atoms with Crippen molar-refractivity contribution in [3.63, 3.8) is 0 Å². The van der Waals surface area contributed by atoms with Gasteiger partial charge in [-0.2, -0.15) is 0 Å².